The summed E-state index contributed by atoms with van der Waals surface area (Å²) in [5.74, 6) is -0.146. The first kappa shape index (κ1) is 13.8. The number of hydrogen-bond acceptors (Lipinski definition) is 3. The van der Waals surface area contributed by atoms with Crippen LogP contribution >= 0.6 is 0 Å². The topological polar surface area (TPSA) is 67.4 Å². The maximum absolute atomic E-state index is 11.2. The molecule has 0 saturated carbocycles. The minimum Gasteiger partial charge on any atom is -0.469 e. The van der Waals surface area contributed by atoms with Gasteiger partial charge in [0.2, 0.25) is 0 Å². The number of rotatable bonds is 7. The van der Waals surface area contributed by atoms with Crippen molar-refractivity contribution in [3.05, 3.63) is 0 Å². The normalized spacial score (nSPS) is 23.1. The molecule has 0 aromatic heterocycles. The van der Waals surface area contributed by atoms with Crippen LogP contribution in [0.3, 0.4) is 0 Å². The van der Waals surface area contributed by atoms with Gasteiger partial charge in [0, 0.05) is 6.42 Å². The summed E-state index contributed by atoms with van der Waals surface area (Å²) >= 11 is 0. The van der Waals surface area contributed by atoms with E-state index in [0.717, 1.165) is 32.1 Å². The highest BCUT2D eigenvalue weighted by Crippen LogP contribution is 2.14. The van der Waals surface area contributed by atoms with E-state index in [4.69, 9.17) is 0 Å². The molecule has 2 amide bonds. The summed E-state index contributed by atoms with van der Waals surface area (Å²) in [5, 5.41) is 5.82. The van der Waals surface area contributed by atoms with Crippen LogP contribution in [0.25, 0.3) is 0 Å². The van der Waals surface area contributed by atoms with Crippen molar-refractivity contribution in [1.29, 1.82) is 0 Å². The highest BCUT2D eigenvalue weighted by molar-refractivity contribution is 5.77. The molecule has 0 unspecified atom stereocenters. The molecule has 0 radical (unpaired) electrons. The Bertz CT molecular complexity index is 268. The van der Waals surface area contributed by atoms with Crippen LogP contribution in [-0.4, -0.2) is 31.2 Å². The maximum Gasteiger partial charge on any atom is 0.315 e. The summed E-state index contributed by atoms with van der Waals surface area (Å²) < 4.78 is 4.57. The van der Waals surface area contributed by atoms with Gasteiger partial charge in [-0.1, -0.05) is 19.8 Å². The van der Waals surface area contributed by atoms with Gasteiger partial charge in [-0.05, 0) is 19.3 Å². The predicted octanol–water partition coefficient (Wildman–Crippen LogP) is 1.57. The van der Waals surface area contributed by atoms with Gasteiger partial charge in [0.15, 0.2) is 0 Å². The molecule has 2 atom stereocenters. The van der Waals surface area contributed by atoms with Crippen molar-refractivity contribution in [1.82, 2.24) is 10.6 Å². The number of carbonyl (C=O) groups excluding carboxylic acids is 2. The van der Waals surface area contributed by atoms with Crippen molar-refractivity contribution >= 4 is 12.0 Å². The summed E-state index contributed by atoms with van der Waals surface area (Å²) in [7, 11) is 1.41. The molecule has 17 heavy (non-hydrogen) atoms. The number of unbranched alkanes of at least 4 members (excludes halogenated alkanes) is 2. The average molecular weight is 242 g/mol. The van der Waals surface area contributed by atoms with E-state index in [0.29, 0.717) is 6.42 Å². The number of nitrogens with one attached hydrogen (secondary N) is 2. The minimum absolute atomic E-state index is 0.0589. The summed E-state index contributed by atoms with van der Waals surface area (Å²) in [4.78, 5) is 22.0. The van der Waals surface area contributed by atoms with Crippen molar-refractivity contribution in [2.75, 3.05) is 7.11 Å². The smallest absolute Gasteiger partial charge is 0.315 e. The fourth-order valence-corrected chi connectivity index (χ4v) is 2.15. The van der Waals surface area contributed by atoms with E-state index < -0.39 is 0 Å². The summed E-state index contributed by atoms with van der Waals surface area (Å²) in [5.41, 5.74) is 0. The van der Waals surface area contributed by atoms with Crippen molar-refractivity contribution in [2.24, 2.45) is 0 Å². The second kappa shape index (κ2) is 7.14. The van der Waals surface area contributed by atoms with Crippen LogP contribution in [0.4, 0.5) is 4.79 Å². The standard InChI is InChI=1S/C12H22N2O3/c1-3-9-10(14-12(16)13-9)7-5-4-6-8-11(15)17-2/h9-10H,3-8H2,1-2H3,(H2,13,14,16)/t9-,10+/m0/s1. The molecule has 98 valence electrons. The van der Waals surface area contributed by atoms with E-state index in [1.165, 1.54) is 7.11 Å². The second-order valence-corrected chi connectivity index (χ2v) is 4.41. The van der Waals surface area contributed by atoms with Crippen LogP contribution in [0.1, 0.15) is 45.4 Å². The first-order valence-corrected chi connectivity index (χ1v) is 6.31. The van der Waals surface area contributed by atoms with Crippen LogP contribution in [-0.2, 0) is 9.53 Å². The van der Waals surface area contributed by atoms with Crippen LogP contribution in [0, 0.1) is 0 Å². The first-order chi connectivity index (χ1) is 8.17. The highest BCUT2D eigenvalue weighted by atomic mass is 16.5. The Balaban J connectivity index is 2.10. The molecule has 1 saturated heterocycles. The zero-order valence-corrected chi connectivity index (χ0v) is 10.6. The molecule has 0 aromatic carbocycles. The molecule has 5 nitrogen and oxygen atoms in total. The van der Waals surface area contributed by atoms with Gasteiger partial charge in [0.25, 0.3) is 0 Å². The third-order valence-corrected chi connectivity index (χ3v) is 3.18. The number of amides is 2. The maximum atomic E-state index is 11.2. The molecule has 0 aliphatic carbocycles. The van der Waals surface area contributed by atoms with Gasteiger partial charge in [0.1, 0.15) is 0 Å². The first-order valence-electron chi connectivity index (χ1n) is 6.31. The predicted molar refractivity (Wildman–Crippen MR) is 64.6 cm³/mol. The zero-order valence-electron chi connectivity index (χ0n) is 10.6. The fraction of sp³-hybridized carbons (Fsp3) is 0.833. The average Bonchev–Trinajstić information content (AvgIpc) is 2.69. The Hall–Kier alpha value is -1.26. The third-order valence-electron chi connectivity index (χ3n) is 3.18. The van der Waals surface area contributed by atoms with Crippen molar-refractivity contribution < 1.29 is 14.3 Å². The van der Waals surface area contributed by atoms with Gasteiger partial charge in [-0.25, -0.2) is 4.79 Å². The quantitative estimate of drug-likeness (QED) is 0.526. The number of ether oxygens (including phenoxy) is 1. The van der Waals surface area contributed by atoms with Crippen LogP contribution < -0.4 is 10.6 Å². The Morgan fingerprint density at radius 3 is 2.59 bits per heavy atom. The highest BCUT2D eigenvalue weighted by Gasteiger charge is 2.29. The van der Waals surface area contributed by atoms with E-state index in [1.54, 1.807) is 0 Å². The van der Waals surface area contributed by atoms with Gasteiger partial charge < -0.3 is 15.4 Å². The van der Waals surface area contributed by atoms with Crippen molar-refractivity contribution in [3.63, 3.8) is 0 Å². The molecular formula is C12H22N2O3. The van der Waals surface area contributed by atoms with E-state index in [1.807, 2.05) is 0 Å². The molecule has 2 N–H and O–H groups in total. The molecule has 0 spiro atoms. The largest absolute Gasteiger partial charge is 0.469 e. The lowest BCUT2D eigenvalue weighted by molar-refractivity contribution is -0.140. The number of urea groups is 1. The molecule has 1 fully saturated rings. The fourth-order valence-electron chi connectivity index (χ4n) is 2.15. The van der Waals surface area contributed by atoms with Gasteiger partial charge in [-0.3, -0.25) is 4.79 Å². The van der Waals surface area contributed by atoms with Crippen LogP contribution in [0.2, 0.25) is 0 Å². The van der Waals surface area contributed by atoms with Gasteiger partial charge in [0.05, 0.1) is 19.2 Å². The lowest BCUT2D eigenvalue weighted by Gasteiger charge is -2.16. The van der Waals surface area contributed by atoms with Crippen LogP contribution in [0.5, 0.6) is 0 Å². The number of hydrogen-bond donors (Lipinski definition) is 2. The lowest BCUT2D eigenvalue weighted by Crippen LogP contribution is -2.32. The van der Waals surface area contributed by atoms with E-state index in [9.17, 15) is 9.59 Å². The molecule has 0 aromatic rings. The molecule has 1 heterocycles. The lowest BCUT2D eigenvalue weighted by atomic mass is 10.0. The Morgan fingerprint density at radius 2 is 1.94 bits per heavy atom. The Morgan fingerprint density at radius 1 is 1.24 bits per heavy atom. The van der Waals surface area contributed by atoms with Crippen LogP contribution in [0.15, 0.2) is 0 Å². The van der Waals surface area contributed by atoms with E-state index >= 15 is 0 Å². The number of carbonyl (C=O) groups is 2. The second-order valence-electron chi connectivity index (χ2n) is 4.41. The van der Waals surface area contributed by atoms with Crippen molar-refractivity contribution in [3.8, 4) is 0 Å². The number of methoxy groups -OCH3 is 1. The number of esters is 1. The van der Waals surface area contributed by atoms with E-state index in [-0.39, 0.29) is 24.1 Å². The van der Waals surface area contributed by atoms with Gasteiger partial charge in [-0.2, -0.15) is 0 Å². The molecular weight excluding hydrogens is 220 g/mol. The molecule has 1 aliphatic rings. The van der Waals surface area contributed by atoms with Gasteiger partial charge >= 0.3 is 12.0 Å². The SMILES string of the molecule is CC[C@@H]1NC(=O)N[C@@H]1CCCCCC(=O)OC. The molecule has 1 aliphatic heterocycles. The molecule has 1 rings (SSSR count). The molecule has 0 bridgehead atoms. The van der Waals surface area contributed by atoms with Crippen molar-refractivity contribution in [2.45, 2.75) is 57.5 Å². The van der Waals surface area contributed by atoms with Gasteiger partial charge in [-0.15, -0.1) is 0 Å². The Kier molecular flexibility index (Phi) is 5.80. The third kappa shape index (κ3) is 4.63. The zero-order chi connectivity index (χ0) is 12.7. The minimum atomic E-state index is -0.146. The Labute approximate surface area is 102 Å². The molecule has 5 heteroatoms. The summed E-state index contributed by atoms with van der Waals surface area (Å²) in [6, 6.07) is 0.435. The summed E-state index contributed by atoms with van der Waals surface area (Å²) in [6.07, 6.45) is 5.29. The monoisotopic (exact) mass is 242 g/mol. The summed E-state index contributed by atoms with van der Waals surface area (Å²) in [6.45, 7) is 2.07. The van der Waals surface area contributed by atoms with E-state index in [2.05, 4.69) is 22.3 Å².